The Balaban J connectivity index is 1.57. The Morgan fingerprint density at radius 1 is 1.31 bits per heavy atom. The maximum Gasteiger partial charge on any atom is 0.303 e. The van der Waals surface area contributed by atoms with Crippen molar-refractivity contribution in [1.82, 2.24) is 4.98 Å². The summed E-state index contributed by atoms with van der Waals surface area (Å²) in [4.78, 5) is 26.1. The second-order valence-electron chi connectivity index (χ2n) is 6.62. The smallest absolute Gasteiger partial charge is 0.303 e. The number of carbonyl (C=O) groups excluding carboxylic acids is 1. The first-order valence-corrected chi connectivity index (χ1v) is 8.79. The number of aromatic nitrogens is 1. The van der Waals surface area contributed by atoms with Gasteiger partial charge in [-0.25, -0.2) is 4.98 Å². The minimum Gasteiger partial charge on any atom is -0.481 e. The molecule has 0 radical (unpaired) electrons. The van der Waals surface area contributed by atoms with E-state index in [4.69, 9.17) is 5.11 Å². The van der Waals surface area contributed by atoms with Crippen molar-refractivity contribution < 1.29 is 14.7 Å². The molecule has 5 heteroatoms. The van der Waals surface area contributed by atoms with Gasteiger partial charge in [-0.15, -0.1) is 0 Å². The van der Waals surface area contributed by atoms with Gasteiger partial charge in [0.2, 0.25) is 0 Å². The topological polar surface area (TPSA) is 79.3 Å². The largest absolute Gasteiger partial charge is 0.481 e. The number of nitrogens with zero attached hydrogens (tertiary/aromatic N) is 1. The highest BCUT2D eigenvalue weighted by Crippen LogP contribution is 2.31. The highest BCUT2D eigenvalue weighted by molar-refractivity contribution is 5.75. The summed E-state index contributed by atoms with van der Waals surface area (Å²) in [7, 11) is 0. The number of nitrogens with one attached hydrogen (secondary N) is 1. The van der Waals surface area contributed by atoms with E-state index in [0.717, 1.165) is 42.5 Å². The van der Waals surface area contributed by atoms with Crippen LogP contribution in [0.1, 0.15) is 47.2 Å². The number of aliphatic carboxylic acids is 1. The van der Waals surface area contributed by atoms with Crippen LogP contribution in [0.15, 0.2) is 48.7 Å². The van der Waals surface area contributed by atoms with Gasteiger partial charge in [-0.2, -0.15) is 0 Å². The molecule has 26 heavy (non-hydrogen) atoms. The predicted molar refractivity (Wildman–Crippen MR) is 101 cm³/mol. The van der Waals surface area contributed by atoms with E-state index in [2.05, 4.69) is 16.4 Å². The molecule has 3 rings (SSSR count). The van der Waals surface area contributed by atoms with E-state index in [1.165, 1.54) is 5.57 Å². The summed E-state index contributed by atoms with van der Waals surface area (Å²) in [5.74, 6) is 0.306. The molecule has 0 spiro atoms. The highest BCUT2D eigenvalue weighted by Gasteiger charge is 2.18. The van der Waals surface area contributed by atoms with Gasteiger partial charge in [-0.1, -0.05) is 24.3 Å². The number of rotatable bonds is 7. The molecule has 1 aromatic carbocycles. The summed E-state index contributed by atoms with van der Waals surface area (Å²) in [6.07, 6.45) is 7.70. The van der Waals surface area contributed by atoms with Gasteiger partial charge in [0.1, 0.15) is 12.1 Å². The van der Waals surface area contributed by atoms with Crippen molar-refractivity contribution >= 4 is 23.6 Å². The number of carboxylic acids is 1. The first kappa shape index (κ1) is 17.9. The molecule has 1 unspecified atom stereocenters. The van der Waals surface area contributed by atoms with E-state index < -0.39 is 5.97 Å². The summed E-state index contributed by atoms with van der Waals surface area (Å²) in [5, 5.41) is 12.1. The third kappa shape index (κ3) is 4.79. The average molecular weight is 350 g/mol. The zero-order valence-corrected chi connectivity index (χ0v) is 14.5. The fourth-order valence-corrected chi connectivity index (χ4v) is 3.24. The number of carbonyl (C=O) groups is 2. The molecule has 1 aromatic heterocycles. The Hall–Kier alpha value is -2.95. The number of aldehydes is 1. The third-order valence-electron chi connectivity index (χ3n) is 4.68. The Morgan fingerprint density at radius 2 is 2.19 bits per heavy atom. The van der Waals surface area contributed by atoms with E-state index in [1.54, 1.807) is 6.07 Å². The third-order valence-corrected chi connectivity index (χ3v) is 4.68. The van der Waals surface area contributed by atoms with Crippen LogP contribution in [-0.2, 0) is 11.3 Å². The second kappa shape index (κ2) is 8.43. The standard InChI is InChI=1S/C21H22N2O3/c24-14-17-3-1-2-16(10-17)12-22-20-9-8-19(13-23-20)18-6-4-15(5-7-18)11-21(25)26/h1-3,6,8-10,13-15H,4-5,7,11-12H2,(H,22,23)(H,25,26). The van der Waals surface area contributed by atoms with Crippen LogP contribution in [0.3, 0.4) is 0 Å². The van der Waals surface area contributed by atoms with Gasteiger partial charge in [0, 0.05) is 24.7 Å². The molecule has 0 saturated heterocycles. The lowest BCUT2D eigenvalue weighted by Crippen LogP contribution is -2.10. The first-order valence-electron chi connectivity index (χ1n) is 8.79. The van der Waals surface area contributed by atoms with Crippen LogP contribution in [0.4, 0.5) is 5.82 Å². The summed E-state index contributed by atoms with van der Waals surface area (Å²) in [5.41, 5.74) is 4.02. The zero-order chi connectivity index (χ0) is 18.4. The summed E-state index contributed by atoms with van der Waals surface area (Å²) < 4.78 is 0. The van der Waals surface area contributed by atoms with E-state index in [1.807, 2.05) is 36.5 Å². The van der Waals surface area contributed by atoms with Crippen molar-refractivity contribution in [3.8, 4) is 0 Å². The van der Waals surface area contributed by atoms with Crippen molar-refractivity contribution in [2.75, 3.05) is 5.32 Å². The van der Waals surface area contributed by atoms with E-state index in [0.29, 0.717) is 12.1 Å². The Kier molecular flexibility index (Phi) is 5.79. The second-order valence-corrected chi connectivity index (χ2v) is 6.62. The molecule has 0 bridgehead atoms. The number of hydrogen-bond acceptors (Lipinski definition) is 4. The fourth-order valence-electron chi connectivity index (χ4n) is 3.24. The summed E-state index contributed by atoms with van der Waals surface area (Å²) >= 11 is 0. The Morgan fingerprint density at radius 3 is 2.85 bits per heavy atom. The molecule has 1 atom stereocenters. The first-order chi connectivity index (χ1) is 12.6. The average Bonchev–Trinajstić information content (AvgIpc) is 2.67. The molecule has 5 nitrogen and oxygen atoms in total. The van der Waals surface area contributed by atoms with Gasteiger partial charge in [-0.3, -0.25) is 9.59 Å². The maximum absolute atomic E-state index is 10.8. The van der Waals surface area contributed by atoms with Crippen molar-refractivity contribution in [2.45, 2.75) is 32.2 Å². The number of carboxylic acid groups (broad SMARTS) is 1. The molecule has 2 N–H and O–H groups in total. The minimum absolute atomic E-state index is 0.243. The van der Waals surface area contributed by atoms with Crippen LogP contribution >= 0.6 is 0 Å². The zero-order valence-electron chi connectivity index (χ0n) is 14.5. The molecule has 0 amide bonds. The normalized spacial score (nSPS) is 16.6. The molecule has 1 aliphatic rings. The molecular weight excluding hydrogens is 328 g/mol. The Labute approximate surface area is 152 Å². The molecule has 2 aromatic rings. The van der Waals surface area contributed by atoms with Crippen LogP contribution in [-0.4, -0.2) is 22.3 Å². The van der Waals surface area contributed by atoms with E-state index >= 15 is 0 Å². The van der Waals surface area contributed by atoms with Gasteiger partial charge < -0.3 is 10.4 Å². The van der Waals surface area contributed by atoms with Crippen LogP contribution in [0.2, 0.25) is 0 Å². The molecule has 1 heterocycles. The van der Waals surface area contributed by atoms with Crippen LogP contribution in [0.5, 0.6) is 0 Å². The van der Waals surface area contributed by atoms with Crippen LogP contribution in [0, 0.1) is 5.92 Å². The molecule has 1 aliphatic carbocycles. The van der Waals surface area contributed by atoms with Gasteiger partial charge in [0.05, 0.1) is 0 Å². The molecule has 134 valence electrons. The predicted octanol–water partition coefficient (Wildman–Crippen LogP) is 4.16. The van der Waals surface area contributed by atoms with Gasteiger partial charge in [-0.05, 0) is 60.1 Å². The van der Waals surface area contributed by atoms with Gasteiger partial charge in [0.25, 0.3) is 0 Å². The molecule has 0 aliphatic heterocycles. The SMILES string of the molecule is O=Cc1cccc(CNc2ccc(C3=CCC(CC(=O)O)CC3)cn2)c1. The number of pyridine rings is 1. The number of hydrogen-bond donors (Lipinski definition) is 2. The van der Waals surface area contributed by atoms with Crippen molar-refractivity contribution in [1.29, 1.82) is 0 Å². The summed E-state index contributed by atoms with van der Waals surface area (Å²) in [6.45, 7) is 0.605. The lowest BCUT2D eigenvalue weighted by atomic mass is 9.85. The lowest BCUT2D eigenvalue weighted by Gasteiger charge is -2.20. The Bertz CT molecular complexity index is 812. The van der Waals surface area contributed by atoms with Crippen molar-refractivity contribution in [3.05, 3.63) is 65.4 Å². The van der Waals surface area contributed by atoms with Crippen LogP contribution in [0.25, 0.3) is 5.57 Å². The minimum atomic E-state index is -0.720. The molecule has 0 fully saturated rings. The number of benzene rings is 1. The van der Waals surface area contributed by atoms with Crippen LogP contribution < -0.4 is 5.32 Å². The summed E-state index contributed by atoms with van der Waals surface area (Å²) in [6, 6.07) is 11.5. The van der Waals surface area contributed by atoms with Crippen molar-refractivity contribution in [2.24, 2.45) is 5.92 Å². The highest BCUT2D eigenvalue weighted by atomic mass is 16.4. The fraction of sp³-hybridized carbons (Fsp3) is 0.286. The maximum atomic E-state index is 10.8. The van der Waals surface area contributed by atoms with Gasteiger partial charge >= 0.3 is 5.97 Å². The monoisotopic (exact) mass is 350 g/mol. The number of anilines is 1. The molecule has 0 saturated carbocycles. The quantitative estimate of drug-likeness (QED) is 0.733. The number of allylic oxidation sites excluding steroid dienone is 2. The van der Waals surface area contributed by atoms with E-state index in [9.17, 15) is 9.59 Å². The molecular formula is C21H22N2O3. The van der Waals surface area contributed by atoms with Gasteiger partial charge in [0.15, 0.2) is 0 Å². The van der Waals surface area contributed by atoms with E-state index in [-0.39, 0.29) is 12.3 Å². The van der Waals surface area contributed by atoms with Crippen molar-refractivity contribution in [3.63, 3.8) is 0 Å². The lowest BCUT2D eigenvalue weighted by molar-refractivity contribution is -0.138.